The molecule has 0 saturated carbocycles. The molecule has 0 amide bonds. The maximum atomic E-state index is 12.6. The van der Waals surface area contributed by atoms with E-state index in [0.717, 1.165) is 11.1 Å². The lowest BCUT2D eigenvalue weighted by Crippen LogP contribution is -2.36. The summed E-state index contributed by atoms with van der Waals surface area (Å²) in [6.45, 7) is 2.29. The zero-order chi connectivity index (χ0) is 18.9. The Morgan fingerprint density at radius 1 is 1.08 bits per heavy atom. The van der Waals surface area contributed by atoms with Gasteiger partial charge in [0, 0.05) is 18.8 Å². The Bertz CT molecular complexity index is 1040. The van der Waals surface area contributed by atoms with Gasteiger partial charge in [-0.3, -0.25) is 4.72 Å². The number of nitrogens with zero attached hydrogens (tertiary/aromatic N) is 1. The molecular formula is C17H19ClN2O4S2. The largest absolute Gasteiger partial charge is 0.280 e. The molecule has 1 aliphatic heterocycles. The van der Waals surface area contributed by atoms with Gasteiger partial charge in [-0.2, -0.15) is 4.31 Å². The van der Waals surface area contributed by atoms with Crippen LogP contribution >= 0.6 is 11.6 Å². The lowest BCUT2D eigenvalue weighted by molar-refractivity contribution is 0.392. The molecule has 0 radical (unpaired) electrons. The van der Waals surface area contributed by atoms with Crippen molar-refractivity contribution in [3.8, 4) is 0 Å². The van der Waals surface area contributed by atoms with Gasteiger partial charge in [-0.15, -0.1) is 0 Å². The van der Waals surface area contributed by atoms with Gasteiger partial charge in [0.05, 0.1) is 10.8 Å². The van der Waals surface area contributed by atoms with Crippen LogP contribution in [0.4, 0.5) is 5.69 Å². The lowest BCUT2D eigenvalue weighted by Gasteiger charge is -2.28. The summed E-state index contributed by atoms with van der Waals surface area (Å²) in [5.41, 5.74) is 2.19. The van der Waals surface area contributed by atoms with Crippen LogP contribution in [0.25, 0.3) is 0 Å². The minimum atomic E-state index is -3.83. The fourth-order valence-electron chi connectivity index (χ4n) is 2.89. The van der Waals surface area contributed by atoms with Crippen LogP contribution in [0.15, 0.2) is 47.4 Å². The zero-order valence-electron chi connectivity index (χ0n) is 14.1. The lowest BCUT2D eigenvalue weighted by atomic mass is 10.0. The number of sulfonamides is 2. The summed E-state index contributed by atoms with van der Waals surface area (Å²) in [5.74, 6) is 0.0428. The maximum absolute atomic E-state index is 12.6. The third-order valence-corrected chi connectivity index (χ3v) is 8.03. The van der Waals surface area contributed by atoms with E-state index in [1.165, 1.54) is 16.4 Å². The predicted octanol–water partition coefficient (Wildman–Crippen LogP) is 2.85. The highest BCUT2D eigenvalue weighted by Gasteiger charge is 2.26. The fourth-order valence-corrected chi connectivity index (χ4v) is 5.53. The van der Waals surface area contributed by atoms with E-state index < -0.39 is 20.0 Å². The highest BCUT2D eigenvalue weighted by atomic mass is 35.5. The van der Waals surface area contributed by atoms with Gasteiger partial charge < -0.3 is 0 Å². The molecular weight excluding hydrogens is 396 g/mol. The number of rotatable bonds is 5. The molecule has 0 fully saturated rings. The van der Waals surface area contributed by atoms with Crippen molar-refractivity contribution >= 4 is 37.3 Å². The van der Waals surface area contributed by atoms with Crippen molar-refractivity contribution in [3.05, 3.63) is 58.6 Å². The second kappa shape index (κ2) is 7.19. The first-order valence-corrected chi connectivity index (χ1v) is 11.6. The quantitative estimate of drug-likeness (QED) is 0.815. The Balaban J connectivity index is 1.88. The van der Waals surface area contributed by atoms with Crippen LogP contribution in [0, 0.1) is 0 Å². The molecule has 0 atom stereocenters. The van der Waals surface area contributed by atoms with Crippen molar-refractivity contribution in [1.29, 1.82) is 0 Å². The zero-order valence-corrected chi connectivity index (χ0v) is 16.5. The van der Waals surface area contributed by atoms with Crippen molar-refractivity contribution in [2.45, 2.75) is 24.8 Å². The third kappa shape index (κ3) is 3.88. The number of fused-ring (bicyclic) bond motifs is 1. The van der Waals surface area contributed by atoms with E-state index in [0.29, 0.717) is 18.7 Å². The van der Waals surface area contributed by atoms with E-state index in [9.17, 15) is 16.8 Å². The number of hydrogen-bond donors (Lipinski definition) is 1. The number of anilines is 1. The van der Waals surface area contributed by atoms with Gasteiger partial charge in [0.15, 0.2) is 0 Å². The number of nitrogens with one attached hydrogen (secondary N) is 1. The van der Waals surface area contributed by atoms with Gasteiger partial charge in [0.25, 0.3) is 10.0 Å². The molecule has 1 heterocycles. The highest BCUT2D eigenvalue weighted by molar-refractivity contribution is 7.92. The molecule has 2 aromatic carbocycles. The Kier molecular flexibility index (Phi) is 5.30. The summed E-state index contributed by atoms with van der Waals surface area (Å²) < 4.78 is 53.3. The first-order chi connectivity index (χ1) is 12.2. The first kappa shape index (κ1) is 19.2. The first-order valence-electron chi connectivity index (χ1n) is 8.10. The molecule has 3 rings (SSSR count). The van der Waals surface area contributed by atoms with Gasteiger partial charge in [-0.05, 0) is 48.7 Å². The smallest absolute Gasteiger partial charge is 0.263 e. The van der Waals surface area contributed by atoms with E-state index in [4.69, 9.17) is 11.6 Å². The SMILES string of the molecule is CCS(=O)(=O)N1CCc2ccc(NS(=O)(=O)c3ccccc3Cl)cc2C1. The van der Waals surface area contributed by atoms with Crippen molar-refractivity contribution in [2.75, 3.05) is 17.0 Å². The summed E-state index contributed by atoms with van der Waals surface area (Å²) in [4.78, 5) is -0.00502. The van der Waals surface area contributed by atoms with E-state index in [1.54, 1.807) is 31.2 Å². The molecule has 9 heteroatoms. The summed E-state index contributed by atoms with van der Waals surface area (Å²) in [6.07, 6.45) is 0.603. The van der Waals surface area contributed by atoms with Gasteiger partial charge in [0.2, 0.25) is 10.0 Å². The molecule has 26 heavy (non-hydrogen) atoms. The van der Waals surface area contributed by atoms with E-state index in [1.807, 2.05) is 6.07 Å². The predicted molar refractivity (Wildman–Crippen MR) is 102 cm³/mol. The monoisotopic (exact) mass is 414 g/mol. The molecule has 0 bridgehead atoms. The van der Waals surface area contributed by atoms with Gasteiger partial charge >= 0.3 is 0 Å². The molecule has 0 unspecified atom stereocenters. The van der Waals surface area contributed by atoms with Crippen LogP contribution in [0.5, 0.6) is 0 Å². The summed E-state index contributed by atoms with van der Waals surface area (Å²) in [6, 6.07) is 11.4. The van der Waals surface area contributed by atoms with Gasteiger partial charge in [-0.25, -0.2) is 16.8 Å². The number of hydrogen-bond acceptors (Lipinski definition) is 4. The average molecular weight is 415 g/mol. The van der Waals surface area contributed by atoms with Crippen molar-refractivity contribution < 1.29 is 16.8 Å². The van der Waals surface area contributed by atoms with Gasteiger partial charge in [-0.1, -0.05) is 29.8 Å². The fraction of sp³-hybridized carbons (Fsp3) is 0.294. The maximum Gasteiger partial charge on any atom is 0.263 e. The van der Waals surface area contributed by atoms with Crippen LogP contribution in [-0.2, 0) is 33.0 Å². The summed E-state index contributed by atoms with van der Waals surface area (Å²) in [5, 5.41) is 0.137. The average Bonchev–Trinajstić information content (AvgIpc) is 2.61. The molecule has 0 aromatic heterocycles. The normalized spacial score (nSPS) is 15.5. The summed E-state index contributed by atoms with van der Waals surface area (Å²) in [7, 11) is -7.11. The van der Waals surface area contributed by atoms with Crippen molar-refractivity contribution in [2.24, 2.45) is 0 Å². The second-order valence-corrected chi connectivity index (χ2v) is 10.3. The van der Waals surface area contributed by atoms with E-state index in [-0.39, 0.29) is 22.2 Å². The molecule has 0 saturated heterocycles. The van der Waals surface area contributed by atoms with Crippen molar-refractivity contribution in [1.82, 2.24) is 4.31 Å². The number of benzene rings is 2. The topological polar surface area (TPSA) is 83.6 Å². The van der Waals surface area contributed by atoms with Crippen LogP contribution in [0.3, 0.4) is 0 Å². The molecule has 0 aliphatic carbocycles. The van der Waals surface area contributed by atoms with Crippen LogP contribution in [0.2, 0.25) is 5.02 Å². The molecule has 1 aliphatic rings. The van der Waals surface area contributed by atoms with Crippen LogP contribution < -0.4 is 4.72 Å². The minimum Gasteiger partial charge on any atom is -0.280 e. The Morgan fingerprint density at radius 3 is 2.50 bits per heavy atom. The molecule has 1 N–H and O–H groups in total. The molecule has 140 valence electrons. The Hall–Kier alpha value is -1.61. The molecule has 6 nitrogen and oxygen atoms in total. The van der Waals surface area contributed by atoms with Crippen LogP contribution in [-0.4, -0.2) is 33.4 Å². The third-order valence-electron chi connectivity index (χ3n) is 4.32. The highest BCUT2D eigenvalue weighted by Crippen LogP contribution is 2.27. The van der Waals surface area contributed by atoms with E-state index in [2.05, 4.69) is 4.72 Å². The number of halogens is 1. The summed E-state index contributed by atoms with van der Waals surface area (Å²) >= 11 is 5.98. The Morgan fingerprint density at radius 2 is 1.81 bits per heavy atom. The Labute approximate surface area is 158 Å². The van der Waals surface area contributed by atoms with Crippen molar-refractivity contribution in [3.63, 3.8) is 0 Å². The van der Waals surface area contributed by atoms with Gasteiger partial charge in [0.1, 0.15) is 4.90 Å². The molecule has 0 spiro atoms. The molecule has 2 aromatic rings. The van der Waals surface area contributed by atoms with E-state index >= 15 is 0 Å². The second-order valence-electron chi connectivity index (χ2n) is 6.00. The van der Waals surface area contributed by atoms with Crippen LogP contribution in [0.1, 0.15) is 18.1 Å². The minimum absolute atomic E-state index is 0.00502. The standard InChI is InChI=1S/C17H19ClN2O4S2/c1-2-25(21,22)20-10-9-13-7-8-15(11-14(13)12-20)19-26(23,24)17-6-4-3-5-16(17)18/h3-8,11,19H,2,9-10,12H2,1H3.